The monoisotopic (exact) mass is 624 g/mol. The molecule has 0 spiro atoms. The number of hydrogen-bond donors (Lipinski definition) is 2. The van der Waals surface area contributed by atoms with E-state index in [1.54, 1.807) is 15.9 Å². The van der Waals surface area contributed by atoms with E-state index >= 15 is 0 Å². The standard InChI is InChI=1S/C29H44N4O9S/c1-29(2,3)41-28(37)32-17-14-21(15-18-32)12-13-24(35)33-16-8-9-22(19-33)25(30-20-34)26(40-4)27(36)42-31-43(38,39)23-10-6-5-7-11-23/h5-7,10-11,20-22,25-26,31H,8-9,12-19H2,1-4H3,(H,30,34). The summed E-state index contributed by atoms with van der Waals surface area (Å²) in [7, 11) is -2.87. The van der Waals surface area contributed by atoms with E-state index in [2.05, 4.69) is 5.32 Å². The maximum Gasteiger partial charge on any atom is 0.410 e. The Hall–Kier alpha value is -3.23. The Morgan fingerprint density at radius 1 is 1.05 bits per heavy atom. The summed E-state index contributed by atoms with van der Waals surface area (Å²) < 4.78 is 35.7. The first-order chi connectivity index (χ1) is 20.3. The Bertz CT molecular complexity index is 1200. The van der Waals surface area contributed by atoms with Gasteiger partial charge in [0.15, 0.2) is 6.10 Å². The average Bonchev–Trinajstić information content (AvgIpc) is 2.98. The smallest absolute Gasteiger partial charge is 0.410 e. The number of sulfonamides is 1. The number of carbonyl (C=O) groups excluding carboxylic acids is 4. The molecule has 0 aromatic heterocycles. The topological polar surface area (TPSA) is 161 Å². The minimum absolute atomic E-state index is 0.0173. The average molecular weight is 625 g/mol. The van der Waals surface area contributed by atoms with E-state index < -0.39 is 33.7 Å². The normalized spacial score (nSPS) is 19.7. The predicted octanol–water partition coefficient (Wildman–Crippen LogP) is 2.22. The van der Waals surface area contributed by atoms with Gasteiger partial charge in [-0.25, -0.2) is 18.0 Å². The van der Waals surface area contributed by atoms with Crippen molar-refractivity contribution in [2.75, 3.05) is 33.3 Å². The van der Waals surface area contributed by atoms with Crippen LogP contribution in [0.3, 0.4) is 0 Å². The quantitative estimate of drug-likeness (QED) is 0.262. The molecule has 2 saturated heterocycles. The van der Waals surface area contributed by atoms with Gasteiger partial charge in [-0.3, -0.25) is 9.59 Å². The Labute approximate surface area is 253 Å². The number of rotatable bonds is 12. The van der Waals surface area contributed by atoms with E-state index in [1.165, 1.54) is 31.4 Å². The van der Waals surface area contributed by atoms with Crippen molar-refractivity contribution in [3.63, 3.8) is 0 Å². The number of likely N-dealkylation sites (tertiary alicyclic amines) is 2. The zero-order valence-corrected chi connectivity index (χ0v) is 26.1. The largest absolute Gasteiger partial charge is 0.444 e. The van der Waals surface area contributed by atoms with Crippen molar-refractivity contribution < 1.29 is 41.9 Å². The molecule has 0 saturated carbocycles. The van der Waals surface area contributed by atoms with Crippen molar-refractivity contribution in [1.82, 2.24) is 20.0 Å². The molecule has 3 rings (SSSR count). The first-order valence-corrected chi connectivity index (χ1v) is 16.1. The molecule has 1 aromatic carbocycles. The molecule has 2 aliphatic rings. The zero-order valence-electron chi connectivity index (χ0n) is 25.3. The number of carbonyl (C=O) groups is 4. The molecule has 0 radical (unpaired) electrons. The van der Waals surface area contributed by atoms with Gasteiger partial charge in [0.25, 0.3) is 10.0 Å². The minimum atomic E-state index is -4.13. The lowest BCUT2D eigenvalue weighted by Crippen LogP contribution is -2.55. The molecule has 2 aliphatic heterocycles. The van der Waals surface area contributed by atoms with Gasteiger partial charge in [-0.05, 0) is 81.7 Å². The van der Waals surface area contributed by atoms with Crippen LogP contribution in [0.4, 0.5) is 4.79 Å². The first-order valence-electron chi connectivity index (χ1n) is 14.6. The lowest BCUT2D eigenvalue weighted by molar-refractivity contribution is -0.162. The van der Waals surface area contributed by atoms with Crippen LogP contribution in [0.5, 0.6) is 0 Å². The van der Waals surface area contributed by atoms with Crippen LogP contribution >= 0.6 is 0 Å². The van der Waals surface area contributed by atoms with Crippen LogP contribution in [-0.4, -0.2) is 93.6 Å². The van der Waals surface area contributed by atoms with Gasteiger partial charge in [0, 0.05) is 39.7 Å². The molecule has 3 amide bonds. The third-order valence-electron chi connectivity index (χ3n) is 7.73. The van der Waals surface area contributed by atoms with E-state index in [9.17, 15) is 27.6 Å². The van der Waals surface area contributed by atoms with Crippen molar-refractivity contribution in [1.29, 1.82) is 0 Å². The van der Waals surface area contributed by atoms with Crippen molar-refractivity contribution in [2.24, 2.45) is 11.8 Å². The summed E-state index contributed by atoms with van der Waals surface area (Å²) in [4.78, 5) is 59.9. The molecule has 43 heavy (non-hydrogen) atoms. The second-order valence-electron chi connectivity index (χ2n) is 12.0. The number of nitrogens with one attached hydrogen (secondary N) is 2. The molecular formula is C29H44N4O9S. The second kappa shape index (κ2) is 15.5. The molecule has 14 heteroatoms. The number of benzene rings is 1. The summed E-state index contributed by atoms with van der Waals surface area (Å²) in [5.41, 5.74) is -0.545. The van der Waals surface area contributed by atoms with Gasteiger partial charge >= 0.3 is 12.1 Å². The lowest BCUT2D eigenvalue weighted by Gasteiger charge is -2.39. The Morgan fingerprint density at radius 2 is 1.72 bits per heavy atom. The molecular weight excluding hydrogens is 580 g/mol. The molecule has 2 fully saturated rings. The van der Waals surface area contributed by atoms with Gasteiger partial charge < -0.3 is 29.4 Å². The van der Waals surface area contributed by atoms with Crippen molar-refractivity contribution >= 4 is 34.4 Å². The van der Waals surface area contributed by atoms with E-state index in [4.69, 9.17) is 14.3 Å². The molecule has 13 nitrogen and oxygen atoms in total. The highest BCUT2D eigenvalue weighted by Crippen LogP contribution is 2.27. The molecule has 2 N–H and O–H groups in total. The van der Waals surface area contributed by atoms with E-state index in [-0.39, 0.29) is 22.8 Å². The zero-order chi connectivity index (χ0) is 31.6. The van der Waals surface area contributed by atoms with Crippen molar-refractivity contribution in [3.8, 4) is 0 Å². The van der Waals surface area contributed by atoms with Crippen LogP contribution in [0.15, 0.2) is 35.2 Å². The summed E-state index contributed by atoms with van der Waals surface area (Å²) in [6.07, 6.45) is 2.74. The lowest BCUT2D eigenvalue weighted by atomic mass is 9.86. The van der Waals surface area contributed by atoms with E-state index in [0.717, 1.165) is 12.8 Å². The maximum atomic E-state index is 13.2. The van der Waals surface area contributed by atoms with Crippen LogP contribution in [0.1, 0.15) is 59.3 Å². The summed E-state index contributed by atoms with van der Waals surface area (Å²) in [5, 5.41) is 2.62. The highest BCUT2D eigenvalue weighted by molar-refractivity contribution is 7.89. The second-order valence-corrected chi connectivity index (χ2v) is 13.6. The maximum absolute atomic E-state index is 13.2. The number of methoxy groups -OCH3 is 1. The van der Waals surface area contributed by atoms with Gasteiger partial charge in [0.1, 0.15) is 5.60 Å². The van der Waals surface area contributed by atoms with Crippen LogP contribution in [0.25, 0.3) is 0 Å². The summed E-state index contributed by atoms with van der Waals surface area (Å²) >= 11 is 0. The molecule has 0 aliphatic carbocycles. The molecule has 240 valence electrons. The number of hydrogen-bond acceptors (Lipinski definition) is 9. The number of nitrogens with zero attached hydrogens (tertiary/aromatic N) is 2. The molecule has 3 unspecified atom stereocenters. The summed E-state index contributed by atoms with van der Waals surface area (Å²) in [5.74, 6) is -1.05. The third-order valence-corrected chi connectivity index (χ3v) is 8.92. The highest BCUT2D eigenvalue weighted by atomic mass is 32.2. The number of amides is 3. The van der Waals surface area contributed by atoms with E-state index in [1.807, 2.05) is 25.7 Å². The molecule has 1 aromatic rings. The molecule has 3 atom stereocenters. The van der Waals surface area contributed by atoms with Crippen molar-refractivity contribution in [2.45, 2.75) is 81.9 Å². The van der Waals surface area contributed by atoms with Gasteiger partial charge in [-0.15, -0.1) is 0 Å². The van der Waals surface area contributed by atoms with Gasteiger partial charge in [0.2, 0.25) is 12.3 Å². The van der Waals surface area contributed by atoms with Gasteiger partial charge in [0.05, 0.1) is 10.9 Å². The summed E-state index contributed by atoms with van der Waals surface area (Å²) in [6, 6.07) is 6.55. The fourth-order valence-electron chi connectivity index (χ4n) is 5.49. The third kappa shape index (κ3) is 10.2. The van der Waals surface area contributed by atoms with Gasteiger partial charge in [-0.2, -0.15) is 0 Å². The Morgan fingerprint density at radius 3 is 2.33 bits per heavy atom. The molecule has 0 bridgehead atoms. The van der Waals surface area contributed by atoms with Crippen LogP contribution in [-0.2, 0) is 38.7 Å². The molecule has 2 heterocycles. The van der Waals surface area contributed by atoms with Crippen molar-refractivity contribution in [3.05, 3.63) is 30.3 Å². The fraction of sp³-hybridized carbons (Fsp3) is 0.655. The first kappa shape index (κ1) is 34.3. The minimum Gasteiger partial charge on any atom is -0.444 e. The van der Waals surface area contributed by atoms with Crippen LogP contribution < -0.4 is 10.2 Å². The summed E-state index contributed by atoms with van der Waals surface area (Å²) in [6.45, 7) is 7.55. The Balaban J connectivity index is 1.53. The number of piperidine rings is 2. The Kier molecular flexibility index (Phi) is 12.3. The van der Waals surface area contributed by atoms with Crippen LogP contribution in [0, 0.1) is 11.8 Å². The highest BCUT2D eigenvalue weighted by Gasteiger charge is 2.39. The van der Waals surface area contributed by atoms with Gasteiger partial charge in [-0.1, -0.05) is 18.2 Å². The van der Waals surface area contributed by atoms with Crippen LogP contribution in [0.2, 0.25) is 0 Å². The van der Waals surface area contributed by atoms with E-state index in [0.29, 0.717) is 64.2 Å². The fourth-order valence-corrected chi connectivity index (χ4v) is 6.29. The number of ether oxygens (including phenoxy) is 2. The predicted molar refractivity (Wildman–Crippen MR) is 156 cm³/mol. The SMILES string of the molecule is COC(C(=O)ONS(=O)(=O)c1ccccc1)C(NC=O)C1CCCN(C(=O)CCC2CCN(C(=O)OC(C)(C)C)CC2)C1.